The number of nitrogens with zero attached hydrogens (tertiary/aromatic N) is 1. The van der Waals surface area contributed by atoms with E-state index >= 15 is 0 Å². The lowest BCUT2D eigenvalue weighted by molar-refractivity contribution is 0.0697. The average Bonchev–Trinajstić information content (AvgIpc) is 2.47. The molecular weight excluding hydrogens is 218 g/mol. The number of aromatic carboxylic acids is 1. The second kappa shape index (κ2) is 3.69. The summed E-state index contributed by atoms with van der Waals surface area (Å²) < 4.78 is 24.5. The molecule has 0 radical (unpaired) electrons. The molecule has 0 spiro atoms. The van der Waals surface area contributed by atoms with Crippen LogP contribution < -0.4 is 0 Å². The summed E-state index contributed by atoms with van der Waals surface area (Å²) in [6.45, 7) is 4.66. The Balaban J connectivity index is 3.34. The molecule has 0 aliphatic carbocycles. The van der Waals surface area contributed by atoms with Crippen molar-refractivity contribution in [3.05, 3.63) is 23.5 Å². The minimum Gasteiger partial charge on any atom is -0.478 e. The predicted octanol–water partition coefficient (Wildman–Crippen LogP) is 1.08. The molecule has 0 saturated heterocycles. The molecule has 1 heterocycles. The number of carbonyl (C=O) groups is 1. The highest BCUT2D eigenvalue weighted by molar-refractivity contribution is 7.90. The van der Waals surface area contributed by atoms with Crippen molar-refractivity contribution in [2.75, 3.05) is 0 Å². The maximum atomic E-state index is 11.8. The van der Waals surface area contributed by atoms with E-state index < -0.39 is 21.2 Å². The number of carboxylic acids is 1. The van der Waals surface area contributed by atoms with Crippen LogP contribution >= 0.6 is 0 Å². The molecule has 0 aliphatic rings. The molecule has 1 N–H and O–H groups in total. The lowest BCUT2D eigenvalue weighted by Gasteiger charge is -2.10. The van der Waals surface area contributed by atoms with E-state index in [9.17, 15) is 13.2 Å². The van der Waals surface area contributed by atoms with E-state index in [1.807, 2.05) is 0 Å². The number of aryl methyl sites for hydroxylation is 1. The third-order valence-electron chi connectivity index (χ3n) is 2.09. The van der Waals surface area contributed by atoms with Crippen molar-refractivity contribution in [2.24, 2.45) is 0 Å². The van der Waals surface area contributed by atoms with Crippen molar-refractivity contribution in [1.82, 2.24) is 3.97 Å². The van der Waals surface area contributed by atoms with Crippen molar-refractivity contribution in [1.29, 1.82) is 0 Å². The van der Waals surface area contributed by atoms with Gasteiger partial charge in [-0.25, -0.2) is 17.2 Å². The SMILES string of the molecule is Cc1cc(C(=O)O)cn1S(=O)(=O)C(C)C. The Kier molecular flexibility index (Phi) is 2.90. The van der Waals surface area contributed by atoms with Gasteiger partial charge in [0.15, 0.2) is 0 Å². The molecule has 0 aromatic carbocycles. The summed E-state index contributed by atoms with van der Waals surface area (Å²) in [7, 11) is -3.47. The van der Waals surface area contributed by atoms with Gasteiger partial charge in [-0.3, -0.25) is 0 Å². The summed E-state index contributed by atoms with van der Waals surface area (Å²) in [5.74, 6) is -1.13. The first-order valence-corrected chi connectivity index (χ1v) is 5.94. The number of rotatable bonds is 3. The zero-order chi connectivity index (χ0) is 11.8. The van der Waals surface area contributed by atoms with Gasteiger partial charge >= 0.3 is 5.97 Å². The van der Waals surface area contributed by atoms with E-state index in [0.717, 1.165) is 10.2 Å². The van der Waals surface area contributed by atoms with Crippen LogP contribution in [0.25, 0.3) is 0 Å². The van der Waals surface area contributed by atoms with Gasteiger partial charge in [0.1, 0.15) is 0 Å². The van der Waals surface area contributed by atoms with Crippen LogP contribution in [0.15, 0.2) is 12.3 Å². The summed E-state index contributed by atoms with van der Waals surface area (Å²) >= 11 is 0. The van der Waals surface area contributed by atoms with Gasteiger partial charge < -0.3 is 5.11 Å². The van der Waals surface area contributed by atoms with Gasteiger partial charge in [0.05, 0.1) is 10.8 Å². The van der Waals surface area contributed by atoms with Gasteiger partial charge in [0.2, 0.25) is 10.0 Å². The van der Waals surface area contributed by atoms with Crippen LogP contribution in [-0.4, -0.2) is 28.7 Å². The Labute approximate surface area is 88.4 Å². The molecule has 1 aromatic rings. The van der Waals surface area contributed by atoms with Crippen LogP contribution in [0, 0.1) is 6.92 Å². The van der Waals surface area contributed by atoms with E-state index in [1.54, 1.807) is 20.8 Å². The molecule has 1 rings (SSSR count). The van der Waals surface area contributed by atoms with Crippen LogP contribution in [0.3, 0.4) is 0 Å². The smallest absolute Gasteiger partial charge is 0.337 e. The molecule has 0 fully saturated rings. The highest BCUT2D eigenvalue weighted by Crippen LogP contribution is 2.14. The van der Waals surface area contributed by atoms with Crippen molar-refractivity contribution in [3.8, 4) is 0 Å². The topological polar surface area (TPSA) is 76.4 Å². The number of hydrogen-bond donors (Lipinski definition) is 1. The van der Waals surface area contributed by atoms with Crippen LogP contribution in [0.1, 0.15) is 29.9 Å². The maximum absolute atomic E-state index is 11.8. The normalized spacial score (nSPS) is 12.0. The minimum absolute atomic E-state index is 0.0169. The monoisotopic (exact) mass is 231 g/mol. The zero-order valence-corrected chi connectivity index (χ0v) is 9.58. The lowest BCUT2D eigenvalue weighted by atomic mass is 10.3. The third kappa shape index (κ3) is 2.04. The van der Waals surface area contributed by atoms with Crippen LogP contribution in [0.4, 0.5) is 0 Å². The third-order valence-corrected chi connectivity index (χ3v) is 4.22. The van der Waals surface area contributed by atoms with E-state index in [1.165, 1.54) is 6.07 Å². The van der Waals surface area contributed by atoms with Gasteiger partial charge in [-0.2, -0.15) is 0 Å². The van der Waals surface area contributed by atoms with Crippen molar-refractivity contribution in [2.45, 2.75) is 26.0 Å². The number of aromatic nitrogens is 1. The molecule has 0 saturated carbocycles. The van der Waals surface area contributed by atoms with E-state index in [4.69, 9.17) is 5.11 Å². The summed E-state index contributed by atoms with van der Waals surface area (Å²) in [6.07, 6.45) is 1.13. The van der Waals surface area contributed by atoms with Crippen molar-refractivity contribution in [3.63, 3.8) is 0 Å². The first kappa shape index (κ1) is 11.8. The molecule has 0 amide bonds. The van der Waals surface area contributed by atoms with Crippen molar-refractivity contribution >= 4 is 16.0 Å². The molecule has 6 heteroatoms. The first-order chi connectivity index (χ1) is 6.76. The zero-order valence-electron chi connectivity index (χ0n) is 8.76. The molecule has 0 unspecified atom stereocenters. The fourth-order valence-electron chi connectivity index (χ4n) is 1.17. The molecule has 15 heavy (non-hydrogen) atoms. The Morgan fingerprint density at radius 2 is 2.00 bits per heavy atom. The first-order valence-electron chi connectivity index (χ1n) is 4.43. The van der Waals surface area contributed by atoms with Crippen LogP contribution in [0.5, 0.6) is 0 Å². The highest BCUT2D eigenvalue weighted by Gasteiger charge is 2.21. The molecule has 84 valence electrons. The van der Waals surface area contributed by atoms with Gasteiger partial charge in [-0.05, 0) is 26.8 Å². The Morgan fingerprint density at radius 3 is 2.33 bits per heavy atom. The van der Waals surface area contributed by atoms with Gasteiger partial charge in [-0.15, -0.1) is 0 Å². The molecule has 5 nitrogen and oxygen atoms in total. The molecule has 0 atom stereocenters. The Bertz CT molecular complexity index is 484. The van der Waals surface area contributed by atoms with Gasteiger partial charge in [-0.1, -0.05) is 0 Å². The highest BCUT2D eigenvalue weighted by atomic mass is 32.2. The fraction of sp³-hybridized carbons (Fsp3) is 0.444. The summed E-state index contributed by atoms with van der Waals surface area (Å²) in [6, 6.07) is 1.34. The van der Waals surface area contributed by atoms with E-state index in [2.05, 4.69) is 0 Å². The molecule has 0 aliphatic heterocycles. The second-order valence-corrected chi connectivity index (χ2v) is 5.93. The lowest BCUT2D eigenvalue weighted by Crippen LogP contribution is -2.22. The Morgan fingerprint density at radius 1 is 1.47 bits per heavy atom. The summed E-state index contributed by atoms with van der Waals surface area (Å²) in [4.78, 5) is 10.7. The fourth-order valence-corrected chi connectivity index (χ4v) is 2.34. The van der Waals surface area contributed by atoms with E-state index in [-0.39, 0.29) is 5.56 Å². The van der Waals surface area contributed by atoms with Crippen molar-refractivity contribution < 1.29 is 18.3 Å². The average molecular weight is 231 g/mol. The van der Waals surface area contributed by atoms with Gasteiger partial charge in [0, 0.05) is 11.9 Å². The number of carboxylic acid groups (broad SMARTS) is 1. The van der Waals surface area contributed by atoms with Gasteiger partial charge in [0.25, 0.3) is 0 Å². The van der Waals surface area contributed by atoms with E-state index in [0.29, 0.717) is 5.69 Å². The van der Waals surface area contributed by atoms with Crippen LogP contribution in [-0.2, 0) is 10.0 Å². The largest absolute Gasteiger partial charge is 0.478 e. The van der Waals surface area contributed by atoms with Crippen LogP contribution in [0.2, 0.25) is 0 Å². The Hall–Kier alpha value is -1.30. The predicted molar refractivity (Wildman–Crippen MR) is 55.6 cm³/mol. The number of hydrogen-bond acceptors (Lipinski definition) is 3. The molecule has 0 bridgehead atoms. The molecule has 1 aromatic heterocycles. The second-order valence-electron chi connectivity index (χ2n) is 3.56. The maximum Gasteiger partial charge on any atom is 0.337 e. The minimum atomic E-state index is -3.47. The summed E-state index contributed by atoms with van der Waals surface area (Å²) in [5, 5.41) is 8.14. The summed E-state index contributed by atoms with van der Waals surface area (Å²) in [5.41, 5.74) is 0.387. The molecular formula is C9H13NO4S. The quantitative estimate of drug-likeness (QED) is 0.844. The standard InChI is InChI=1S/C9H13NO4S/c1-6(2)15(13,14)10-5-8(9(11)12)4-7(10)3/h4-6H,1-3H3,(H,11,12).